The van der Waals surface area contributed by atoms with Gasteiger partial charge in [0.05, 0.1) is 11.4 Å². The van der Waals surface area contributed by atoms with E-state index < -0.39 is 5.97 Å². The van der Waals surface area contributed by atoms with Gasteiger partial charge in [0.1, 0.15) is 24.8 Å². The Morgan fingerprint density at radius 1 is 1.04 bits per heavy atom. The number of carbonyl (C=O) groups is 1. The number of hydrogen-bond acceptors (Lipinski definition) is 5. The van der Waals surface area contributed by atoms with Crippen LogP contribution in [0.15, 0.2) is 54.6 Å². The molecule has 0 aliphatic heterocycles. The van der Waals surface area contributed by atoms with Crippen LogP contribution in [-0.2, 0) is 4.74 Å². The molecule has 0 unspecified atom stereocenters. The highest BCUT2D eigenvalue weighted by Gasteiger charge is 2.17. The van der Waals surface area contributed by atoms with Gasteiger partial charge in [-0.2, -0.15) is 9.90 Å². The molecule has 7 heteroatoms. The summed E-state index contributed by atoms with van der Waals surface area (Å²) in [7, 11) is 0. The number of halogens is 1. The summed E-state index contributed by atoms with van der Waals surface area (Å²) in [4.78, 5) is 13.5. The monoisotopic (exact) mass is 341 g/mol. The van der Waals surface area contributed by atoms with Gasteiger partial charge in [-0.25, -0.2) is 9.18 Å². The first-order chi connectivity index (χ1) is 12.1. The van der Waals surface area contributed by atoms with E-state index >= 15 is 0 Å². The van der Waals surface area contributed by atoms with E-state index in [9.17, 15) is 9.18 Å². The Balaban J connectivity index is 1.55. The van der Waals surface area contributed by atoms with Crippen molar-refractivity contribution in [2.75, 3.05) is 13.2 Å². The number of aryl methyl sites for hydroxylation is 1. The number of benzene rings is 2. The molecule has 128 valence electrons. The van der Waals surface area contributed by atoms with E-state index in [0.29, 0.717) is 11.4 Å². The van der Waals surface area contributed by atoms with Crippen molar-refractivity contribution in [3.8, 4) is 11.4 Å². The molecule has 0 atom stereocenters. The molecular formula is C18H16FN3O3. The number of nitrogens with zero attached hydrogens (tertiary/aromatic N) is 3. The van der Waals surface area contributed by atoms with Crippen LogP contribution in [0.1, 0.15) is 16.2 Å². The van der Waals surface area contributed by atoms with Gasteiger partial charge < -0.3 is 9.47 Å². The average Bonchev–Trinajstić information content (AvgIpc) is 3.03. The van der Waals surface area contributed by atoms with Crippen LogP contribution in [0.2, 0.25) is 0 Å². The van der Waals surface area contributed by atoms with Gasteiger partial charge in [-0.1, -0.05) is 18.2 Å². The summed E-state index contributed by atoms with van der Waals surface area (Å²) in [6.07, 6.45) is 0. The van der Waals surface area contributed by atoms with Crippen LogP contribution in [0.4, 0.5) is 4.39 Å². The Kier molecular flexibility index (Phi) is 5.03. The summed E-state index contributed by atoms with van der Waals surface area (Å²) < 4.78 is 23.3. The van der Waals surface area contributed by atoms with Crippen LogP contribution in [0.3, 0.4) is 0 Å². The van der Waals surface area contributed by atoms with Crippen molar-refractivity contribution >= 4 is 5.97 Å². The SMILES string of the molecule is Cc1nn(-c2ccccc2)nc1C(=O)OCCOc1ccc(F)cc1. The van der Waals surface area contributed by atoms with Gasteiger partial charge in [-0.3, -0.25) is 0 Å². The van der Waals surface area contributed by atoms with Gasteiger partial charge in [0.15, 0.2) is 5.69 Å². The summed E-state index contributed by atoms with van der Waals surface area (Å²) in [6.45, 7) is 1.90. The number of para-hydroxylation sites is 1. The zero-order chi connectivity index (χ0) is 17.6. The summed E-state index contributed by atoms with van der Waals surface area (Å²) in [5.74, 6) is -0.401. The summed E-state index contributed by atoms with van der Waals surface area (Å²) in [5, 5.41) is 8.40. The lowest BCUT2D eigenvalue weighted by Gasteiger charge is -2.06. The minimum absolute atomic E-state index is 0.0495. The predicted octanol–water partition coefficient (Wildman–Crippen LogP) is 2.95. The van der Waals surface area contributed by atoms with Crippen LogP contribution in [0, 0.1) is 12.7 Å². The number of hydrogen-bond donors (Lipinski definition) is 0. The second-order valence-electron chi connectivity index (χ2n) is 5.20. The third kappa shape index (κ3) is 4.20. The lowest BCUT2D eigenvalue weighted by molar-refractivity contribution is 0.0442. The van der Waals surface area contributed by atoms with Crippen LogP contribution < -0.4 is 4.74 Å². The molecule has 0 spiro atoms. The maximum absolute atomic E-state index is 12.8. The van der Waals surface area contributed by atoms with Gasteiger partial charge in [0.2, 0.25) is 0 Å². The highest BCUT2D eigenvalue weighted by molar-refractivity contribution is 5.88. The van der Waals surface area contributed by atoms with Crippen molar-refractivity contribution < 1.29 is 18.7 Å². The quantitative estimate of drug-likeness (QED) is 0.509. The normalized spacial score (nSPS) is 10.5. The second kappa shape index (κ2) is 7.57. The average molecular weight is 341 g/mol. The minimum atomic E-state index is -0.567. The molecule has 0 saturated heterocycles. The van der Waals surface area contributed by atoms with Crippen molar-refractivity contribution in [3.63, 3.8) is 0 Å². The Labute approximate surface area is 143 Å². The third-order valence-electron chi connectivity index (χ3n) is 3.36. The Bertz CT molecular complexity index is 848. The van der Waals surface area contributed by atoms with E-state index in [4.69, 9.17) is 9.47 Å². The molecule has 1 aromatic heterocycles. The highest BCUT2D eigenvalue weighted by atomic mass is 19.1. The van der Waals surface area contributed by atoms with Gasteiger partial charge in [-0.15, -0.1) is 5.10 Å². The molecular weight excluding hydrogens is 325 g/mol. The Hall–Kier alpha value is -3.22. The van der Waals surface area contributed by atoms with Gasteiger partial charge >= 0.3 is 5.97 Å². The molecule has 0 amide bonds. The van der Waals surface area contributed by atoms with E-state index in [2.05, 4.69) is 10.2 Å². The fourth-order valence-corrected chi connectivity index (χ4v) is 2.14. The van der Waals surface area contributed by atoms with Crippen LogP contribution in [0.5, 0.6) is 5.75 Å². The standard InChI is InChI=1S/C18H16FN3O3/c1-13-17(21-22(20-13)15-5-3-2-4-6-15)18(23)25-12-11-24-16-9-7-14(19)8-10-16/h2-10H,11-12H2,1H3. The summed E-state index contributed by atoms with van der Waals surface area (Å²) in [5.41, 5.74) is 1.39. The molecule has 0 fully saturated rings. The van der Waals surface area contributed by atoms with Crippen molar-refractivity contribution in [3.05, 3.63) is 71.8 Å². The minimum Gasteiger partial charge on any atom is -0.490 e. The zero-order valence-corrected chi connectivity index (χ0v) is 13.6. The first-order valence-corrected chi connectivity index (χ1v) is 7.68. The molecule has 0 saturated carbocycles. The molecule has 1 heterocycles. The lowest BCUT2D eigenvalue weighted by atomic mass is 10.3. The molecule has 2 aromatic carbocycles. The number of aromatic nitrogens is 3. The highest BCUT2D eigenvalue weighted by Crippen LogP contribution is 2.11. The molecule has 3 rings (SSSR count). The summed E-state index contributed by atoms with van der Waals surface area (Å²) in [6, 6.07) is 14.9. The summed E-state index contributed by atoms with van der Waals surface area (Å²) >= 11 is 0. The Morgan fingerprint density at radius 3 is 2.48 bits per heavy atom. The number of carbonyl (C=O) groups excluding carboxylic acids is 1. The smallest absolute Gasteiger partial charge is 0.360 e. The zero-order valence-electron chi connectivity index (χ0n) is 13.6. The van der Waals surface area contributed by atoms with Gasteiger partial charge in [0, 0.05) is 0 Å². The topological polar surface area (TPSA) is 66.2 Å². The first kappa shape index (κ1) is 16.6. The third-order valence-corrected chi connectivity index (χ3v) is 3.36. The fourth-order valence-electron chi connectivity index (χ4n) is 2.14. The molecule has 0 bridgehead atoms. The van der Waals surface area contributed by atoms with E-state index in [1.165, 1.54) is 29.1 Å². The maximum atomic E-state index is 12.8. The van der Waals surface area contributed by atoms with E-state index in [1.807, 2.05) is 30.3 Å². The second-order valence-corrected chi connectivity index (χ2v) is 5.20. The Morgan fingerprint density at radius 2 is 1.76 bits per heavy atom. The maximum Gasteiger partial charge on any atom is 0.360 e. The predicted molar refractivity (Wildman–Crippen MR) is 88.3 cm³/mol. The van der Waals surface area contributed by atoms with Crippen LogP contribution >= 0.6 is 0 Å². The van der Waals surface area contributed by atoms with E-state index in [0.717, 1.165) is 5.69 Å². The largest absolute Gasteiger partial charge is 0.490 e. The van der Waals surface area contributed by atoms with Gasteiger partial charge in [0.25, 0.3) is 0 Å². The molecule has 0 radical (unpaired) electrons. The lowest BCUT2D eigenvalue weighted by Crippen LogP contribution is -2.14. The fraction of sp³-hybridized carbons (Fsp3) is 0.167. The first-order valence-electron chi connectivity index (χ1n) is 7.68. The van der Waals surface area contributed by atoms with E-state index in [1.54, 1.807) is 6.92 Å². The van der Waals surface area contributed by atoms with Crippen molar-refractivity contribution in [2.24, 2.45) is 0 Å². The molecule has 0 aliphatic carbocycles. The van der Waals surface area contributed by atoms with Crippen molar-refractivity contribution in [1.29, 1.82) is 0 Å². The van der Waals surface area contributed by atoms with Crippen molar-refractivity contribution in [2.45, 2.75) is 6.92 Å². The van der Waals surface area contributed by atoms with Crippen molar-refractivity contribution in [1.82, 2.24) is 15.0 Å². The van der Waals surface area contributed by atoms with Crippen LogP contribution in [-0.4, -0.2) is 34.2 Å². The number of rotatable bonds is 6. The molecule has 0 aliphatic rings. The van der Waals surface area contributed by atoms with Crippen LogP contribution in [0.25, 0.3) is 5.69 Å². The molecule has 0 N–H and O–H groups in total. The number of ether oxygens (including phenoxy) is 2. The molecule has 3 aromatic rings. The van der Waals surface area contributed by atoms with E-state index in [-0.39, 0.29) is 24.7 Å². The van der Waals surface area contributed by atoms with Gasteiger partial charge in [-0.05, 0) is 43.3 Å². The number of esters is 1. The molecule has 6 nitrogen and oxygen atoms in total. The molecule has 25 heavy (non-hydrogen) atoms.